The van der Waals surface area contributed by atoms with E-state index < -0.39 is 20.9 Å². The van der Waals surface area contributed by atoms with Gasteiger partial charge < -0.3 is 10.2 Å². The van der Waals surface area contributed by atoms with Gasteiger partial charge in [0.15, 0.2) is 0 Å². The van der Waals surface area contributed by atoms with Gasteiger partial charge in [-0.1, -0.05) is 41.9 Å². The summed E-state index contributed by atoms with van der Waals surface area (Å²) in [4.78, 5) is 30.7. The summed E-state index contributed by atoms with van der Waals surface area (Å²) in [6.07, 6.45) is 1.16. The predicted octanol–water partition coefficient (Wildman–Crippen LogP) is 4.43. The van der Waals surface area contributed by atoms with Crippen molar-refractivity contribution >= 4 is 56.0 Å². The Balaban J connectivity index is 1.78. The third-order valence-electron chi connectivity index (χ3n) is 6.03. The van der Waals surface area contributed by atoms with Crippen LogP contribution in [0.4, 0.5) is 22.7 Å². The summed E-state index contributed by atoms with van der Waals surface area (Å²) in [7, 11) is 0.220. The molecule has 0 spiro atoms. The molecule has 3 aromatic rings. The Kier molecular flexibility index (Phi) is 7.81. The molecule has 0 aromatic heterocycles. The third kappa shape index (κ3) is 5.85. The van der Waals surface area contributed by atoms with Crippen LogP contribution in [0.5, 0.6) is 0 Å². The molecule has 0 fully saturated rings. The SMILES string of the molecule is CN(C)CCN(c1ccc(N=C(c2ccccc2)C2C(=O)Nc3cc(Cl)c([N+](=O)[O-])cc32)cc1)S(C)(=O)=O. The first kappa shape index (κ1) is 27.2. The molecule has 4 rings (SSSR count). The lowest BCUT2D eigenvalue weighted by atomic mass is 9.90. The fourth-order valence-corrected chi connectivity index (χ4v) is 5.35. The minimum atomic E-state index is -3.51. The molecule has 10 nitrogen and oxygen atoms in total. The lowest BCUT2D eigenvalue weighted by molar-refractivity contribution is -0.384. The Morgan fingerprint density at radius 1 is 1.08 bits per heavy atom. The van der Waals surface area contributed by atoms with Crippen LogP contribution in [-0.2, 0) is 14.8 Å². The minimum absolute atomic E-state index is 0.0758. The molecule has 0 radical (unpaired) electrons. The average molecular weight is 556 g/mol. The number of fused-ring (bicyclic) bond motifs is 1. The van der Waals surface area contributed by atoms with Crippen molar-refractivity contribution in [2.75, 3.05) is 43.1 Å². The number of anilines is 2. The zero-order chi connectivity index (χ0) is 27.6. The third-order valence-corrected chi connectivity index (χ3v) is 7.52. The first-order valence-electron chi connectivity index (χ1n) is 11.6. The maximum atomic E-state index is 13.1. The predicted molar refractivity (Wildman–Crippen MR) is 149 cm³/mol. The number of nitrogens with zero attached hydrogens (tertiary/aromatic N) is 4. The van der Waals surface area contributed by atoms with Gasteiger partial charge in [0.2, 0.25) is 15.9 Å². The van der Waals surface area contributed by atoms with E-state index in [2.05, 4.69) is 5.32 Å². The van der Waals surface area contributed by atoms with E-state index in [1.165, 1.54) is 16.4 Å². The fourth-order valence-electron chi connectivity index (χ4n) is 4.20. The van der Waals surface area contributed by atoms with Crippen molar-refractivity contribution in [3.63, 3.8) is 0 Å². The molecule has 198 valence electrons. The number of carbonyl (C=O) groups excluding carboxylic acids is 1. The highest BCUT2D eigenvalue weighted by molar-refractivity contribution is 7.92. The van der Waals surface area contributed by atoms with Crippen LogP contribution in [0, 0.1) is 10.1 Å². The van der Waals surface area contributed by atoms with Gasteiger partial charge in [0.05, 0.1) is 28.3 Å². The number of hydrogen-bond acceptors (Lipinski definition) is 7. The molecule has 1 aliphatic heterocycles. The second-order valence-electron chi connectivity index (χ2n) is 9.09. The number of benzene rings is 3. The van der Waals surface area contributed by atoms with Gasteiger partial charge in [-0.25, -0.2) is 8.42 Å². The number of carbonyl (C=O) groups is 1. The molecule has 1 aliphatic rings. The number of halogens is 1. The van der Waals surface area contributed by atoms with Gasteiger partial charge in [-0.3, -0.25) is 24.2 Å². The van der Waals surface area contributed by atoms with Crippen molar-refractivity contribution in [2.45, 2.75) is 5.92 Å². The fraction of sp³-hybridized carbons (Fsp3) is 0.231. The van der Waals surface area contributed by atoms with Crippen molar-refractivity contribution in [1.29, 1.82) is 0 Å². The number of aliphatic imine (C=N–C) groups is 1. The normalized spacial score (nSPS) is 15.3. The van der Waals surface area contributed by atoms with Gasteiger partial charge in [0, 0.05) is 30.4 Å². The number of nitro groups is 1. The maximum absolute atomic E-state index is 13.1. The van der Waals surface area contributed by atoms with E-state index in [1.54, 1.807) is 48.5 Å². The number of sulfonamides is 1. The Morgan fingerprint density at radius 3 is 2.32 bits per heavy atom. The molecule has 38 heavy (non-hydrogen) atoms. The number of hydrogen-bond donors (Lipinski definition) is 1. The first-order chi connectivity index (χ1) is 18.0. The van der Waals surface area contributed by atoms with E-state index in [-0.39, 0.29) is 23.2 Å². The second kappa shape index (κ2) is 10.9. The van der Waals surface area contributed by atoms with Crippen molar-refractivity contribution in [2.24, 2.45) is 4.99 Å². The highest BCUT2D eigenvalue weighted by Gasteiger charge is 2.37. The topological polar surface area (TPSA) is 125 Å². The molecule has 12 heteroatoms. The Morgan fingerprint density at radius 2 is 1.74 bits per heavy atom. The molecule has 1 heterocycles. The molecule has 1 N–H and O–H groups in total. The zero-order valence-corrected chi connectivity index (χ0v) is 22.5. The highest BCUT2D eigenvalue weighted by Crippen LogP contribution is 2.41. The van der Waals surface area contributed by atoms with E-state index in [0.717, 1.165) is 6.26 Å². The van der Waals surface area contributed by atoms with Gasteiger partial charge >= 0.3 is 0 Å². The van der Waals surface area contributed by atoms with E-state index in [9.17, 15) is 23.3 Å². The molecular formula is C26H26ClN5O5S. The van der Waals surface area contributed by atoms with E-state index in [4.69, 9.17) is 16.6 Å². The molecule has 0 bridgehead atoms. The maximum Gasteiger partial charge on any atom is 0.288 e. The van der Waals surface area contributed by atoms with E-state index >= 15 is 0 Å². The molecule has 1 amide bonds. The van der Waals surface area contributed by atoms with Crippen LogP contribution >= 0.6 is 11.6 Å². The van der Waals surface area contributed by atoms with Crippen molar-refractivity contribution in [3.05, 3.63) is 93.0 Å². The summed E-state index contributed by atoms with van der Waals surface area (Å²) in [5.41, 5.74) is 2.51. The molecule has 3 aromatic carbocycles. The molecule has 0 aliphatic carbocycles. The molecule has 1 atom stereocenters. The quantitative estimate of drug-likeness (QED) is 0.236. The monoisotopic (exact) mass is 555 g/mol. The standard InChI is InChI=1S/C26H26ClN5O5S/c1-30(2)13-14-31(38(3,36)37)19-11-9-18(10-12-19)28-25(17-7-5-4-6-8-17)24-20-15-23(32(34)35)21(27)16-22(20)29-26(24)33/h4-12,15-16,24H,13-14H2,1-3H3,(H,29,33). The van der Waals surface area contributed by atoms with Crippen LogP contribution in [0.2, 0.25) is 5.02 Å². The molecule has 1 unspecified atom stereocenters. The van der Waals surface area contributed by atoms with Gasteiger partial charge in [-0.05, 0) is 50.0 Å². The lowest BCUT2D eigenvalue weighted by Gasteiger charge is -2.24. The van der Waals surface area contributed by atoms with Gasteiger partial charge in [0.25, 0.3) is 5.69 Å². The Hall–Kier alpha value is -3.80. The summed E-state index contributed by atoms with van der Waals surface area (Å²) < 4.78 is 26.1. The molecule has 0 saturated carbocycles. The largest absolute Gasteiger partial charge is 0.325 e. The van der Waals surface area contributed by atoms with Crippen LogP contribution in [-0.4, -0.2) is 63.3 Å². The second-order valence-corrected chi connectivity index (χ2v) is 11.4. The number of nitrogens with one attached hydrogen (secondary N) is 1. The molecule has 0 saturated heterocycles. The first-order valence-corrected chi connectivity index (χ1v) is 13.8. The number of amides is 1. The average Bonchev–Trinajstić information content (AvgIpc) is 3.16. The van der Waals surface area contributed by atoms with Gasteiger partial charge in [-0.2, -0.15) is 0 Å². The summed E-state index contributed by atoms with van der Waals surface area (Å²) in [5.74, 6) is -1.31. The van der Waals surface area contributed by atoms with Crippen LogP contribution in [0.15, 0.2) is 71.7 Å². The number of likely N-dealkylation sites (N-methyl/N-ethyl adjacent to an activating group) is 1. The minimum Gasteiger partial charge on any atom is -0.325 e. The van der Waals surface area contributed by atoms with E-state index in [0.29, 0.717) is 40.4 Å². The number of rotatable bonds is 9. The lowest BCUT2D eigenvalue weighted by Crippen LogP contribution is -2.35. The van der Waals surface area contributed by atoms with Crippen LogP contribution < -0.4 is 9.62 Å². The summed E-state index contributed by atoms with van der Waals surface area (Å²) >= 11 is 6.06. The van der Waals surface area contributed by atoms with Crippen LogP contribution in [0.3, 0.4) is 0 Å². The van der Waals surface area contributed by atoms with Crippen molar-refractivity contribution in [1.82, 2.24) is 4.90 Å². The number of nitro benzene ring substituents is 1. The smallest absolute Gasteiger partial charge is 0.288 e. The summed E-state index contributed by atoms with van der Waals surface area (Å²) in [5, 5.41) is 14.2. The zero-order valence-electron chi connectivity index (χ0n) is 21.0. The Labute approximate surface area is 225 Å². The van der Waals surface area contributed by atoms with Crippen molar-refractivity contribution < 1.29 is 18.1 Å². The summed E-state index contributed by atoms with van der Waals surface area (Å²) in [6.45, 7) is 0.821. The van der Waals surface area contributed by atoms with Crippen molar-refractivity contribution in [3.8, 4) is 0 Å². The van der Waals surface area contributed by atoms with Gasteiger partial charge in [-0.15, -0.1) is 0 Å². The Bertz CT molecular complexity index is 1510. The van der Waals surface area contributed by atoms with E-state index in [1.807, 2.05) is 25.1 Å². The molecular weight excluding hydrogens is 530 g/mol. The highest BCUT2D eigenvalue weighted by atomic mass is 35.5. The van der Waals surface area contributed by atoms with Crippen LogP contribution in [0.25, 0.3) is 0 Å². The van der Waals surface area contributed by atoms with Gasteiger partial charge in [0.1, 0.15) is 10.9 Å². The van der Waals surface area contributed by atoms with Crippen LogP contribution in [0.1, 0.15) is 17.0 Å². The summed E-state index contributed by atoms with van der Waals surface area (Å²) in [6, 6.07) is 18.4.